The minimum atomic E-state index is -0.980. The summed E-state index contributed by atoms with van der Waals surface area (Å²) in [6.45, 7) is 5.11. The molecule has 1 N–H and O–H groups in total. The zero-order valence-electron chi connectivity index (χ0n) is 25.8. The van der Waals surface area contributed by atoms with Crippen LogP contribution in [0.15, 0.2) is 42.5 Å². The van der Waals surface area contributed by atoms with E-state index in [9.17, 15) is 14.4 Å². The first-order valence-electron chi connectivity index (χ1n) is 16.4. The van der Waals surface area contributed by atoms with Crippen molar-refractivity contribution in [3.05, 3.63) is 63.6 Å². The van der Waals surface area contributed by atoms with E-state index in [0.717, 1.165) is 49.2 Å². The zero-order chi connectivity index (χ0) is 31.3. The van der Waals surface area contributed by atoms with Gasteiger partial charge < -0.3 is 29.7 Å². The topological polar surface area (TPSA) is 85.4 Å². The van der Waals surface area contributed by atoms with Crippen LogP contribution in [-0.2, 0) is 22.4 Å². The van der Waals surface area contributed by atoms with Crippen molar-refractivity contribution in [2.45, 2.75) is 76.0 Å². The fourth-order valence-electron chi connectivity index (χ4n) is 7.36. The van der Waals surface area contributed by atoms with E-state index in [4.69, 9.17) is 27.9 Å². The molecule has 45 heavy (non-hydrogen) atoms. The molecule has 3 saturated heterocycles. The molecular weight excluding hydrogens is 613 g/mol. The molecule has 4 amide bonds. The zero-order valence-corrected chi connectivity index (χ0v) is 27.3. The number of amides is 4. The number of carbonyl (C=O) groups is 3. The van der Waals surface area contributed by atoms with E-state index in [1.807, 2.05) is 34.1 Å². The van der Waals surface area contributed by atoms with Gasteiger partial charge in [-0.3, -0.25) is 4.79 Å². The van der Waals surface area contributed by atoms with Gasteiger partial charge in [-0.15, -0.1) is 0 Å². The number of hydrogen-bond acceptors (Lipinski definition) is 5. The summed E-state index contributed by atoms with van der Waals surface area (Å²) in [6.07, 6.45) is 6.43. The molecule has 6 rings (SSSR count). The van der Waals surface area contributed by atoms with Gasteiger partial charge in [-0.1, -0.05) is 47.8 Å². The van der Waals surface area contributed by atoms with Crippen molar-refractivity contribution in [2.24, 2.45) is 0 Å². The van der Waals surface area contributed by atoms with Crippen molar-refractivity contribution in [3.8, 4) is 0 Å². The van der Waals surface area contributed by atoms with Crippen LogP contribution in [0.25, 0.3) is 0 Å². The molecule has 4 aliphatic rings. The molecule has 4 aliphatic heterocycles. The number of benzene rings is 2. The van der Waals surface area contributed by atoms with Gasteiger partial charge in [0, 0.05) is 67.0 Å². The van der Waals surface area contributed by atoms with Crippen LogP contribution in [0, 0.1) is 0 Å². The molecule has 4 heterocycles. The minimum absolute atomic E-state index is 0.0237. The lowest BCUT2D eigenvalue weighted by Crippen LogP contribution is -2.53. The molecule has 2 aromatic carbocycles. The number of nitrogens with zero attached hydrogens (tertiary/aromatic N) is 4. The summed E-state index contributed by atoms with van der Waals surface area (Å²) in [5.41, 5.74) is 2.73. The van der Waals surface area contributed by atoms with E-state index in [-0.39, 0.29) is 24.4 Å². The second-order valence-corrected chi connectivity index (χ2v) is 13.6. The van der Waals surface area contributed by atoms with E-state index < -0.39 is 12.2 Å². The first kappa shape index (κ1) is 32.0. The maximum Gasteiger partial charge on any atom is 0.410 e. The average Bonchev–Trinajstić information content (AvgIpc) is 3.22. The van der Waals surface area contributed by atoms with Crippen molar-refractivity contribution < 1.29 is 19.1 Å². The highest BCUT2D eigenvalue weighted by Crippen LogP contribution is 2.27. The van der Waals surface area contributed by atoms with Gasteiger partial charge in [-0.2, -0.15) is 0 Å². The number of likely N-dealkylation sites (tertiary alicyclic amines) is 3. The van der Waals surface area contributed by atoms with E-state index in [2.05, 4.69) is 10.2 Å². The molecule has 0 unspecified atom stereocenters. The van der Waals surface area contributed by atoms with Gasteiger partial charge in [0.05, 0.1) is 0 Å². The number of hydrogen-bond donors (Lipinski definition) is 1. The van der Waals surface area contributed by atoms with Gasteiger partial charge in [0.1, 0.15) is 0 Å². The Morgan fingerprint density at radius 1 is 0.822 bits per heavy atom. The lowest BCUT2D eigenvalue weighted by molar-refractivity contribution is -0.142. The maximum absolute atomic E-state index is 13.9. The maximum atomic E-state index is 13.9. The summed E-state index contributed by atoms with van der Waals surface area (Å²) < 4.78 is 6.00. The van der Waals surface area contributed by atoms with Gasteiger partial charge in [0.25, 0.3) is 5.91 Å². The number of ether oxygens (including phenoxy) is 1. The van der Waals surface area contributed by atoms with E-state index in [0.29, 0.717) is 61.7 Å². The third-order valence-corrected chi connectivity index (χ3v) is 10.3. The molecule has 3 fully saturated rings. The lowest BCUT2D eigenvalue weighted by atomic mass is 9.99. The number of anilines is 1. The highest BCUT2D eigenvalue weighted by Gasteiger charge is 2.36. The number of halogens is 2. The standard InChI is InChI=1S/C34H43Cl2N5O4/c35-26-20-24(21-27(36)23-26)22-31(32(42)39-15-9-28(10-16-39)38-13-4-1-5-14-38)45-34(44)40-17-11-29(12-18-40)41-19-8-25-6-2-3-7-30(25)37-33(41)43/h2-3,6-7,20-21,23,28-29,31H,1,4-5,8-19,22H2,(H,37,43)/t31-/m1/s1. The van der Waals surface area contributed by atoms with Crippen LogP contribution in [0.2, 0.25) is 10.0 Å². The van der Waals surface area contributed by atoms with Crippen LogP contribution >= 0.6 is 23.2 Å². The van der Waals surface area contributed by atoms with Crippen molar-refractivity contribution in [1.29, 1.82) is 0 Å². The average molecular weight is 657 g/mol. The fraction of sp³-hybridized carbons (Fsp3) is 0.559. The molecule has 0 spiro atoms. The molecule has 2 aromatic rings. The first-order chi connectivity index (χ1) is 21.8. The predicted molar refractivity (Wildman–Crippen MR) is 176 cm³/mol. The molecule has 11 heteroatoms. The van der Waals surface area contributed by atoms with Crippen molar-refractivity contribution in [3.63, 3.8) is 0 Å². The molecule has 0 bridgehead atoms. The van der Waals surface area contributed by atoms with Gasteiger partial charge >= 0.3 is 12.1 Å². The molecule has 0 saturated carbocycles. The summed E-state index contributed by atoms with van der Waals surface area (Å²) in [4.78, 5) is 48.4. The van der Waals surface area contributed by atoms with Gasteiger partial charge in [0.15, 0.2) is 6.10 Å². The normalized spacial score (nSPS) is 21.1. The van der Waals surface area contributed by atoms with Gasteiger partial charge in [0.2, 0.25) is 0 Å². The quantitative estimate of drug-likeness (QED) is 0.408. The smallest absolute Gasteiger partial charge is 0.410 e. The molecule has 1 atom stereocenters. The Morgan fingerprint density at radius 3 is 2.18 bits per heavy atom. The largest absolute Gasteiger partial charge is 0.436 e. The minimum Gasteiger partial charge on any atom is -0.436 e. The third-order valence-electron chi connectivity index (χ3n) is 9.85. The Hall–Kier alpha value is -3.01. The van der Waals surface area contributed by atoms with Crippen molar-refractivity contribution in [1.82, 2.24) is 19.6 Å². The lowest BCUT2D eigenvalue weighted by Gasteiger charge is -2.41. The van der Waals surface area contributed by atoms with Crippen molar-refractivity contribution >= 4 is 46.9 Å². The summed E-state index contributed by atoms with van der Waals surface area (Å²) in [6, 6.07) is 13.5. The Bertz CT molecular complexity index is 1350. The Balaban J connectivity index is 1.07. The number of nitrogens with one attached hydrogen (secondary N) is 1. The third kappa shape index (κ3) is 7.87. The molecule has 242 valence electrons. The summed E-state index contributed by atoms with van der Waals surface area (Å²) in [5.74, 6) is -0.174. The summed E-state index contributed by atoms with van der Waals surface area (Å²) in [5, 5.41) is 3.99. The molecule has 0 aliphatic carbocycles. The number of fused-ring (bicyclic) bond motifs is 1. The number of rotatable bonds is 6. The summed E-state index contributed by atoms with van der Waals surface area (Å²) >= 11 is 12.5. The van der Waals surface area contributed by atoms with E-state index in [1.165, 1.54) is 19.3 Å². The highest BCUT2D eigenvalue weighted by atomic mass is 35.5. The second-order valence-electron chi connectivity index (χ2n) is 12.8. The van der Waals surface area contributed by atoms with Crippen LogP contribution in [0.1, 0.15) is 56.1 Å². The second kappa shape index (κ2) is 14.6. The number of para-hydroxylation sites is 1. The first-order valence-corrected chi connectivity index (χ1v) is 17.2. The fourth-order valence-corrected chi connectivity index (χ4v) is 7.93. The van der Waals surface area contributed by atoms with Crippen molar-refractivity contribution in [2.75, 3.05) is 51.1 Å². The van der Waals surface area contributed by atoms with Gasteiger partial charge in [-0.05, 0) is 93.4 Å². The number of carbonyl (C=O) groups excluding carboxylic acids is 3. The molecular formula is C34H43Cl2N5O4. The van der Waals surface area contributed by atoms with Gasteiger partial charge in [-0.25, -0.2) is 9.59 Å². The molecule has 0 aromatic heterocycles. The van der Waals surface area contributed by atoms with Crippen LogP contribution < -0.4 is 5.32 Å². The van der Waals surface area contributed by atoms with E-state index in [1.54, 1.807) is 23.1 Å². The predicted octanol–water partition coefficient (Wildman–Crippen LogP) is 6.07. The van der Waals surface area contributed by atoms with Crippen LogP contribution in [0.3, 0.4) is 0 Å². The Kier molecular flexibility index (Phi) is 10.4. The molecule has 9 nitrogen and oxygen atoms in total. The Labute approximate surface area is 275 Å². The number of urea groups is 1. The number of piperidine rings is 3. The summed E-state index contributed by atoms with van der Waals surface area (Å²) in [7, 11) is 0. The highest BCUT2D eigenvalue weighted by molar-refractivity contribution is 6.34. The van der Waals surface area contributed by atoms with Crippen LogP contribution in [0.5, 0.6) is 0 Å². The van der Waals surface area contributed by atoms with Crippen LogP contribution in [-0.4, -0.2) is 102 Å². The monoisotopic (exact) mass is 655 g/mol. The molecule has 0 radical (unpaired) electrons. The Morgan fingerprint density at radius 2 is 1.47 bits per heavy atom. The SMILES string of the molecule is O=C(O[C@H](Cc1cc(Cl)cc(Cl)c1)C(=O)N1CCC(N2CCCCC2)CC1)N1CCC(N2CCc3ccccc3NC2=O)CC1. The van der Waals surface area contributed by atoms with E-state index >= 15 is 0 Å². The van der Waals surface area contributed by atoms with Crippen LogP contribution in [0.4, 0.5) is 15.3 Å².